The Morgan fingerprint density at radius 1 is 1.33 bits per heavy atom. The minimum absolute atomic E-state index is 0.0991. The van der Waals surface area contributed by atoms with Crippen molar-refractivity contribution in [2.45, 2.75) is 37.6 Å². The summed E-state index contributed by atoms with van der Waals surface area (Å²) in [6, 6.07) is 8.71. The highest BCUT2D eigenvalue weighted by Gasteiger charge is 2.77. The van der Waals surface area contributed by atoms with E-state index in [2.05, 4.69) is 4.98 Å². The third-order valence-corrected chi connectivity index (χ3v) is 9.04. The van der Waals surface area contributed by atoms with Crippen molar-refractivity contribution in [2.24, 2.45) is 0 Å². The summed E-state index contributed by atoms with van der Waals surface area (Å²) in [6.07, 6.45) is 1.25. The smallest absolute Gasteiger partial charge is 0.427 e. The number of hydrogen-bond donors (Lipinski definition) is 4. The van der Waals surface area contributed by atoms with Crippen molar-refractivity contribution in [3.63, 3.8) is 0 Å². The van der Waals surface area contributed by atoms with Gasteiger partial charge in [0, 0.05) is 24.4 Å². The number of nitrogens with zero attached hydrogens (tertiary/aromatic N) is 1. The third-order valence-electron chi connectivity index (χ3n) is 4.38. The SMILES string of the molecule is CCCC(=O)Oc1cccc(C2OP(=O)(O)C(O)(Cc3cccnc3)[P+](O)(O)O2)c1. The molecule has 1 aliphatic rings. The molecule has 0 amide bonds. The van der Waals surface area contributed by atoms with Crippen LogP contribution in [0.3, 0.4) is 0 Å². The van der Waals surface area contributed by atoms with E-state index < -0.39 is 39.3 Å². The zero-order chi connectivity index (χ0) is 22.0. The number of esters is 1. The van der Waals surface area contributed by atoms with E-state index >= 15 is 0 Å². The van der Waals surface area contributed by atoms with Gasteiger partial charge in [-0.3, -0.25) is 18.9 Å². The van der Waals surface area contributed by atoms with E-state index in [1.54, 1.807) is 0 Å². The number of ether oxygens (including phenoxy) is 1. The van der Waals surface area contributed by atoms with E-state index in [0.29, 0.717) is 6.42 Å². The van der Waals surface area contributed by atoms with E-state index in [1.165, 1.54) is 48.8 Å². The summed E-state index contributed by atoms with van der Waals surface area (Å²) in [7, 11) is -9.86. The standard InChI is InChI=1S/C18H21NO9P2/c1-2-5-16(20)26-15-8-3-7-14(10-15)17-27-29(22,23)18(21,30(24,25)28-17)11-13-6-4-9-19-12-13/h3-4,6-10,12,17,21-23H,2,5,11H2,1H3/p+1. The molecule has 0 aliphatic carbocycles. The molecule has 0 radical (unpaired) electrons. The fraction of sp³-hybridized carbons (Fsp3) is 0.333. The maximum Gasteiger partial charge on any atom is 0.457 e. The fourth-order valence-corrected chi connectivity index (χ4v) is 6.46. The number of rotatable bonds is 6. The molecule has 1 saturated heterocycles. The lowest BCUT2D eigenvalue weighted by molar-refractivity contribution is -0.134. The van der Waals surface area contributed by atoms with Crippen LogP contribution in [0.25, 0.3) is 0 Å². The van der Waals surface area contributed by atoms with Crippen molar-refractivity contribution in [1.82, 2.24) is 4.98 Å². The van der Waals surface area contributed by atoms with Crippen LogP contribution < -0.4 is 4.74 Å². The van der Waals surface area contributed by atoms with E-state index in [9.17, 15) is 29.1 Å². The van der Waals surface area contributed by atoms with Gasteiger partial charge in [-0.25, -0.2) is 0 Å². The monoisotopic (exact) mass is 458 g/mol. The molecule has 30 heavy (non-hydrogen) atoms. The molecule has 10 nitrogen and oxygen atoms in total. The van der Waals surface area contributed by atoms with Crippen LogP contribution in [-0.4, -0.2) is 35.8 Å². The van der Waals surface area contributed by atoms with Crippen LogP contribution in [0.5, 0.6) is 5.75 Å². The quantitative estimate of drug-likeness (QED) is 0.288. The fourth-order valence-electron chi connectivity index (χ4n) is 2.83. The molecule has 1 aromatic carbocycles. The topological polar surface area (TPSA) is 156 Å². The Bertz CT molecular complexity index is 956. The average Bonchev–Trinajstić information content (AvgIpc) is 2.67. The molecular weight excluding hydrogens is 436 g/mol. The van der Waals surface area contributed by atoms with Crippen molar-refractivity contribution in [3.05, 3.63) is 59.9 Å². The molecule has 3 rings (SSSR count). The van der Waals surface area contributed by atoms with Gasteiger partial charge in [-0.2, -0.15) is 9.79 Å². The van der Waals surface area contributed by atoms with Crippen molar-refractivity contribution < 1.29 is 42.9 Å². The van der Waals surface area contributed by atoms with Gasteiger partial charge in [0.25, 0.3) is 0 Å². The highest BCUT2D eigenvalue weighted by molar-refractivity contribution is 7.76. The van der Waals surface area contributed by atoms with Crippen LogP contribution in [0, 0.1) is 0 Å². The van der Waals surface area contributed by atoms with E-state index in [1.807, 2.05) is 6.92 Å². The molecule has 12 heteroatoms. The van der Waals surface area contributed by atoms with Crippen molar-refractivity contribution in [1.29, 1.82) is 0 Å². The minimum Gasteiger partial charge on any atom is -0.427 e. The van der Waals surface area contributed by atoms with Crippen LogP contribution in [0.4, 0.5) is 0 Å². The van der Waals surface area contributed by atoms with Crippen molar-refractivity contribution in [3.8, 4) is 5.75 Å². The molecule has 1 fully saturated rings. The lowest BCUT2D eigenvalue weighted by atomic mass is 10.2. The summed E-state index contributed by atoms with van der Waals surface area (Å²) in [4.78, 5) is 46.9. The van der Waals surface area contributed by atoms with Gasteiger partial charge < -0.3 is 14.7 Å². The Balaban J connectivity index is 1.86. The summed E-state index contributed by atoms with van der Waals surface area (Å²) >= 11 is 0. The number of aliphatic hydroxyl groups is 1. The lowest BCUT2D eigenvalue weighted by Gasteiger charge is -2.38. The molecule has 4 N–H and O–H groups in total. The highest BCUT2D eigenvalue weighted by atomic mass is 31.3. The number of pyridine rings is 1. The number of hydrogen-bond acceptors (Lipinski definition) is 9. The Hall–Kier alpha value is -1.74. The van der Waals surface area contributed by atoms with Crippen molar-refractivity contribution in [2.75, 3.05) is 0 Å². The van der Waals surface area contributed by atoms with Gasteiger partial charge in [-0.05, 0) is 30.2 Å². The van der Waals surface area contributed by atoms with Crippen LogP contribution in [-0.2, 0) is 24.8 Å². The first kappa shape index (κ1) is 22.9. The van der Waals surface area contributed by atoms with Gasteiger partial charge in [0.15, 0.2) is 0 Å². The van der Waals surface area contributed by atoms with E-state index in [0.717, 1.165) is 0 Å². The molecule has 162 valence electrons. The number of carbonyl (C=O) groups excluding carboxylic acids is 1. The zero-order valence-corrected chi connectivity index (χ0v) is 17.8. The first-order chi connectivity index (χ1) is 14.1. The van der Waals surface area contributed by atoms with Crippen LogP contribution >= 0.6 is 15.5 Å². The maximum atomic E-state index is 12.8. The molecule has 3 unspecified atom stereocenters. The molecule has 2 heterocycles. The lowest BCUT2D eigenvalue weighted by Crippen LogP contribution is -2.40. The Morgan fingerprint density at radius 2 is 2.10 bits per heavy atom. The van der Waals surface area contributed by atoms with Gasteiger partial charge in [0.05, 0.1) is 6.42 Å². The van der Waals surface area contributed by atoms with E-state index in [-0.39, 0.29) is 23.3 Å². The number of carbonyl (C=O) groups is 1. The maximum absolute atomic E-state index is 12.8. The van der Waals surface area contributed by atoms with Crippen LogP contribution in [0.2, 0.25) is 0 Å². The van der Waals surface area contributed by atoms with Gasteiger partial charge in [-0.1, -0.05) is 25.1 Å². The number of aromatic nitrogens is 1. The Kier molecular flexibility index (Phi) is 6.72. The van der Waals surface area contributed by atoms with Gasteiger partial charge in [0.2, 0.25) is 6.29 Å². The van der Waals surface area contributed by atoms with Crippen LogP contribution in [0.1, 0.15) is 37.2 Å². The summed E-state index contributed by atoms with van der Waals surface area (Å²) in [5, 5.41) is 7.80. The first-order valence-electron chi connectivity index (χ1n) is 9.04. The molecule has 0 spiro atoms. The summed E-state index contributed by atoms with van der Waals surface area (Å²) in [5.74, 6) is -0.341. The molecule has 0 bridgehead atoms. The van der Waals surface area contributed by atoms with Crippen molar-refractivity contribution >= 4 is 21.5 Å². The molecule has 1 aliphatic heterocycles. The predicted molar refractivity (Wildman–Crippen MR) is 106 cm³/mol. The summed E-state index contributed by atoms with van der Waals surface area (Å²) < 4.78 is 28.2. The summed E-state index contributed by atoms with van der Waals surface area (Å²) in [6.45, 7) is 1.82. The van der Waals surface area contributed by atoms with Crippen LogP contribution in [0.15, 0.2) is 48.8 Å². The van der Waals surface area contributed by atoms with E-state index in [4.69, 9.17) is 13.8 Å². The molecular formula is C18H22NO9P2+. The predicted octanol–water partition coefficient (Wildman–Crippen LogP) is 2.65. The largest absolute Gasteiger partial charge is 0.457 e. The minimum atomic E-state index is -5.03. The summed E-state index contributed by atoms with van der Waals surface area (Å²) in [5.41, 5.74) is 0.374. The average molecular weight is 458 g/mol. The molecule has 1 aromatic heterocycles. The molecule has 3 atom stereocenters. The Morgan fingerprint density at radius 3 is 2.73 bits per heavy atom. The molecule has 2 aromatic rings. The second-order valence-corrected chi connectivity index (χ2v) is 11.1. The number of benzene rings is 1. The first-order valence-corrected chi connectivity index (χ1v) is 12.2. The van der Waals surface area contributed by atoms with Gasteiger partial charge >= 0.3 is 26.6 Å². The third kappa shape index (κ3) is 4.61. The second-order valence-electron chi connectivity index (χ2n) is 6.72. The second kappa shape index (κ2) is 8.78. The Labute approximate surface area is 173 Å². The van der Waals surface area contributed by atoms with Gasteiger partial charge in [0.1, 0.15) is 5.75 Å². The normalized spacial score (nSPS) is 28.1. The highest BCUT2D eigenvalue weighted by Crippen LogP contribution is 2.82. The van der Waals surface area contributed by atoms with Gasteiger partial charge in [-0.15, -0.1) is 4.52 Å². The zero-order valence-electron chi connectivity index (χ0n) is 16.0. The molecule has 0 saturated carbocycles.